The van der Waals surface area contributed by atoms with Crippen molar-refractivity contribution < 1.29 is 14.7 Å². The molecule has 2 atom stereocenters. The number of hydrogen-bond donors (Lipinski definition) is 3. The minimum atomic E-state index is -0.973. The van der Waals surface area contributed by atoms with Gasteiger partial charge in [0.05, 0.1) is 0 Å². The van der Waals surface area contributed by atoms with E-state index in [0.29, 0.717) is 0 Å². The van der Waals surface area contributed by atoms with Gasteiger partial charge in [0.2, 0.25) is 5.91 Å². The number of benzene rings is 1. The Bertz CT molecular complexity index is 485. The molecule has 0 saturated carbocycles. The lowest BCUT2D eigenvalue weighted by Gasteiger charge is -2.14. The molecule has 0 saturated heterocycles. The van der Waals surface area contributed by atoms with Crippen LogP contribution in [0.25, 0.3) is 0 Å². The van der Waals surface area contributed by atoms with Gasteiger partial charge in [-0.3, -0.25) is 14.9 Å². The average molecular weight is 234 g/mol. The van der Waals surface area contributed by atoms with E-state index in [1.165, 1.54) is 6.92 Å². The molecule has 0 bridgehead atoms. The first kappa shape index (κ1) is 11.6. The number of carbonyl (C=O) groups excluding carboxylic acids is 1. The average Bonchev–Trinajstić information content (AvgIpc) is 2.58. The molecule has 2 rings (SSSR count). The summed E-state index contributed by atoms with van der Waals surface area (Å²) in [6.45, 7) is 3.42. The normalized spacial score (nSPS) is 19.6. The zero-order valence-electron chi connectivity index (χ0n) is 9.65. The number of hydrogen-bond acceptors (Lipinski definition) is 3. The third-order valence-electron chi connectivity index (χ3n) is 2.91. The summed E-state index contributed by atoms with van der Waals surface area (Å²) in [5, 5.41) is 14.4. The number of fused-ring (bicyclic) bond motifs is 1. The van der Waals surface area contributed by atoms with E-state index >= 15 is 0 Å². The highest BCUT2D eigenvalue weighted by molar-refractivity contribution is 6.03. The lowest BCUT2D eigenvalue weighted by molar-refractivity contribution is -0.139. The number of para-hydroxylation sites is 1. The van der Waals surface area contributed by atoms with E-state index in [1.54, 1.807) is 0 Å². The van der Waals surface area contributed by atoms with Gasteiger partial charge in [-0.15, -0.1) is 0 Å². The maximum absolute atomic E-state index is 11.8. The van der Waals surface area contributed by atoms with Crippen molar-refractivity contribution in [2.45, 2.75) is 25.9 Å². The second kappa shape index (κ2) is 4.18. The van der Waals surface area contributed by atoms with Gasteiger partial charge in [-0.25, -0.2) is 0 Å². The molecule has 3 N–H and O–H groups in total. The molecule has 2 unspecified atom stereocenters. The van der Waals surface area contributed by atoms with Crippen molar-refractivity contribution in [2.24, 2.45) is 0 Å². The Hall–Kier alpha value is -1.88. The summed E-state index contributed by atoms with van der Waals surface area (Å²) < 4.78 is 0. The van der Waals surface area contributed by atoms with Crippen molar-refractivity contribution in [2.75, 3.05) is 5.32 Å². The third-order valence-corrected chi connectivity index (χ3v) is 2.91. The highest BCUT2D eigenvalue weighted by Gasteiger charge is 2.33. The molecule has 90 valence electrons. The van der Waals surface area contributed by atoms with Gasteiger partial charge in [0.15, 0.2) is 0 Å². The second-order valence-corrected chi connectivity index (χ2v) is 4.19. The van der Waals surface area contributed by atoms with E-state index in [2.05, 4.69) is 10.6 Å². The van der Waals surface area contributed by atoms with Crippen molar-refractivity contribution in [3.8, 4) is 0 Å². The largest absolute Gasteiger partial charge is 0.480 e. The SMILES string of the molecule is Cc1cccc2c1NC(=O)C2NC(C)C(=O)O. The third kappa shape index (κ3) is 2.01. The first-order chi connectivity index (χ1) is 8.00. The Morgan fingerprint density at radius 2 is 2.24 bits per heavy atom. The summed E-state index contributed by atoms with van der Waals surface area (Å²) in [5.74, 6) is -1.18. The molecule has 0 fully saturated rings. The molecular formula is C12H14N2O3. The monoisotopic (exact) mass is 234 g/mol. The molecule has 0 aromatic heterocycles. The molecule has 0 spiro atoms. The van der Waals surface area contributed by atoms with Gasteiger partial charge >= 0.3 is 5.97 Å². The van der Waals surface area contributed by atoms with Crippen LogP contribution in [0.15, 0.2) is 18.2 Å². The van der Waals surface area contributed by atoms with Gasteiger partial charge in [0.1, 0.15) is 12.1 Å². The van der Waals surface area contributed by atoms with Crippen molar-refractivity contribution in [1.29, 1.82) is 0 Å². The van der Waals surface area contributed by atoms with Gasteiger partial charge in [-0.2, -0.15) is 0 Å². The summed E-state index contributed by atoms with van der Waals surface area (Å²) in [6, 6.07) is 4.23. The first-order valence-electron chi connectivity index (χ1n) is 5.40. The van der Waals surface area contributed by atoms with Crippen LogP contribution in [0.4, 0.5) is 5.69 Å². The predicted molar refractivity (Wildman–Crippen MR) is 62.8 cm³/mol. The Morgan fingerprint density at radius 1 is 1.53 bits per heavy atom. The van der Waals surface area contributed by atoms with Gasteiger partial charge in [0, 0.05) is 11.3 Å². The number of nitrogens with one attached hydrogen (secondary N) is 2. The van der Waals surface area contributed by atoms with Crippen molar-refractivity contribution in [3.05, 3.63) is 29.3 Å². The fourth-order valence-electron chi connectivity index (χ4n) is 1.93. The van der Waals surface area contributed by atoms with Gasteiger partial charge in [0.25, 0.3) is 0 Å². The molecule has 17 heavy (non-hydrogen) atoms. The first-order valence-corrected chi connectivity index (χ1v) is 5.40. The van der Waals surface area contributed by atoms with Crippen molar-refractivity contribution >= 4 is 17.6 Å². The number of amides is 1. The number of anilines is 1. The van der Waals surface area contributed by atoms with Crippen LogP contribution in [-0.4, -0.2) is 23.0 Å². The van der Waals surface area contributed by atoms with Gasteiger partial charge in [-0.05, 0) is 19.4 Å². The number of aryl methyl sites for hydroxylation is 1. The quantitative estimate of drug-likeness (QED) is 0.730. The molecular weight excluding hydrogens is 220 g/mol. The van der Waals surface area contributed by atoms with Crippen LogP contribution in [0.2, 0.25) is 0 Å². The molecule has 5 heteroatoms. The van der Waals surface area contributed by atoms with E-state index in [0.717, 1.165) is 16.8 Å². The molecule has 0 radical (unpaired) electrons. The number of aliphatic carboxylic acids is 1. The fourth-order valence-corrected chi connectivity index (χ4v) is 1.93. The van der Waals surface area contributed by atoms with Crippen LogP contribution in [0, 0.1) is 6.92 Å². The highest BCUT2D eigenvalue weighted by atomic mass is 16.4. The lowest BCUT2D eigenvalue weighted by Crippen LogP contribution is -2.39. The van der Waals surface area contributed by atoms with Crippen LogP contribution in [0.3, 0.4) is 0 Å². The summed E-state index contributed by atoms with van der Waals surface area (Å²) in [4.78, 5) is 22.6. The van der Waals surface area contributed by atoms with E-state index < -0.39 is 18.1 Å². The van der Waals surface area contributed by atoms with Crippen LogP contribution in [0.1, 0.15) is 24.1 Å². The predicted octanol–water partition coefficient (Wildman–Crippen LogP) is 1.05. The Kier molecular flexibility index (Phi) is 2.85. The maximum atomic E-state index is 11.8. The smallest absolute Gasteiger partial charge is 0.320 e. The zero-order valence-corrected chi connectivity index (χ0v) is 9.65. The standard InChI is InChI=1S/C12H14N2O3/c1-6-4-3-5-8-9(6)14-11(15)10(8)13-7(2)12(16)17/h3-5,7,10,13H,1-2H3,(H,14,15)(H,16,17). The molecule has 1 aliphatic heterocycles. The topological polar surface area (TPSA) is 78.4 Å². The second-order valence-electron chi connectivity index (χ2n) is 4.19. The number of carboxylic acids is 1. The minimum Gasteiger partial charge on any atom is -0.480 e. The van der Waals surface area contributed by atoms with Crippen molar-refractivity contribution in [3.63, 3.8) is 0 Å². The molecule has 1 heterocycles. The Balaban J connectivity index is 2.29. The minimum absolute atomic E-state index is 0.206. The van der Waals surface area contributed by atoms with Gasteiger partial charge in [-0.1, -0.05) is 18.2 Å². The number of carbonyl (C=O) groups is 2. The molecule has 1 aromatic carbocycles. The Morgan fingerprint density at radius 3 is 2.88 bits per heavy atom. The van der Waals surface area contributed by atoms with E-state index in [-0.39, 0.29) is 5.91 Å². The molecule has 1 amide bonds. The number of rotatable bonds is 3. The number of carboxylic acid groups (broad SMARTS) is 1. The fraction of sp³-hybridized carbons (Fsp3) is 0.333. The summed E-state index contributed by atoms with van der Waals surface area (Å²) in [5.41, 5.74) is 2.57. The molecule has 1 aromatic rings. The summed E-state index contributed by atoms with van der Waals surface area (Å²) >= 11 is 0. The molecule has 0 aliphatic carbocycles. The van der Waals surface area contributed by atoms with E-state index in [4.69, 9.17) is 5.11 Å². The summed E-state index contributed by atoms with van der Waals surface area (Å²) in [7, 11) is 0. The van der Waals surface area contributed by atoms with E-state index in [9.17, 15) is 9.59 Å². The molecule has 1 aliphatic rings. The maximum Gasteiger partial charge on any atom is 0.320 e. The highest BCUT2D eigenvalue weighted by Crippen LogP contribution is 2.33. The lowest BCUT2D eigenvalue weighted by atomic mass is 10.0. The van der Waals surface area contributed by atoms with Crippen LogP contribution in [-0.2, 0) is 9.59 Å². The summed E-state index contributed by atoms with van der Waals surface area (Å²) in [6.07, 6.45) is 0. The van der Waals surface area contributed by atoms with Crippen LogP contribution in [0.5, 0.6) is 0 Å². The van der Waals surface area contributed by atoms with Crippen LogP contribution < -0.4 is 10.6 Å². The zero-order chi connectivity index (χ0) is 12.6. The Labute approximate surface area is 98.8 Å². The van der Waals surface area contributed by atoms with Crippen molar-refractivity contribution in [1.82, 2.24) is 5.32 Å². The van der Waals surface area contributed by atoms with E-state index in [1.807, 2.05) is 25.1 Å². The van der Waals surface area contributed by atoms with Gasteiger partial charge < -0.3 is 10.4 Å². The molecule has 5 nitrogen and oxygen atoms in total. The van der Waals surface area contributed by atoms with Crippen LogP contribution >= 0.6 is 0 Å².